The van der Waals surface area contributed by atoms with Crippen molar-refractivity contribution in [3.8, 4) is 11.5 Å². The van der Waals surface area contributed by atoms with Crippen molar-refractivity contribution in [1.29, 1.82) is 0 Å². The summed E-state index contributed by atoms with van der Waals surface area (Å²) < 4.78 is 16.0. The molecule has 194 valence electrons. The van der Waals surface area contributed by atoms with Crippen LogP contribution >= 0.6 is 0 Å². The van der Waals surface area contributed by atoms with Gasteiger partial charge in [-0.05, 0) is 50.8 Å². The van der Waals surface area contributed by atoms with Crippen molar-refractivity contribution in [1.82, 2.24) is 30.0 Å². The molecule has 0 bridgehead atoms. The van der Waals surface area contributed by atoms with Crippen LogP contribution in [-0.2, 0) is 16.8 Å². The standard InChI is InChI=1S/C28H28FN7O2/c1-28(2)20-22(26(37)31-14-16-8-3-4-9-16)32-24(33-23(20)34-27(28)38)21-18-11-7-13-30-25(18)36(35-21)15-17-10-5-6-12-19(17)29/h5-7,10-13,16H,3-4,8-9,14-15H2,1-2H3,(H,31,37)(H,32,33,34,38). The summed E-state index contributed by atoms with van der Waals surface area (Å²) in [5.74, 6) is 0.0171. The van der Waals surface area contributed by atoms with E-state index < -0.39 is 5.41 Å². The molecule has 0 atom stereocenters. The van der Waals surface area contributed by atoms with Gasteiger partial charge in [-0.2, -0.15) is 5.10 Å². The van der Waals surface area contributed by atoms with E-state index in [2.05, 4.69) is 25.6 Å². The van der Waals surface area contributed by atoms with E-state index in [1.165, 1.54) is 18.9 Å². The second-order valence-electron chi connectivity index (χ2n) is 10.5. The molecule has 2 amide bonds. The quantitative estimate of drug-likeness (QED) is 0.399. The lowest BCUT2D eigenvalue weighted by Crippen LogP contribution is -2.33. The smallest absolute Gasteiger partial charge is 0.270 e. The van der Waals surface area contributed by atoms with Crippen LogP contribution in [0, 0.1) is 11.7 Å². The number of fused-ring (bicyclic) bond motifs is 2. The van der Waals surface area contributed by atoms with Crippen LogP contribution in [-0.4, -0.2) is 43.1 Å². The van der Waals surface area contributed by atoms with Crippen LogP contribution in [0.5, 0.6) is 0 Å². The Bertz CT molecular complexity index is 1570. The Labute approximate surface area is 218 Å². The summed E-state index contributed by atoms with van der Waals surface area (Å²) in [7, 11) is 0. The normalized spacial score (nSPS) is 16.6. The molecule has 0 saturated heterocycles. The van der Waals surface area contributed by atoms with Gasteiger partial charge in [-0.3, -0.25) is 9.59 Å². The largest absolute Gasteiger partial charge is 0.350 e. The molecule has 0 spiro atoms. The highest BCUT2D eigenvalue weighted by molar-refractivity contribution is 6.09. The number of carbonyl (C=O) groups excluding carboxylic acids is 2. The third-order valence-corrected chi connectivity index (χ3v) is 7.57. The summed E-state index contributed by atoms with van der Waals surface area (Å²) in [4.78, 5) is 40.1. The number of hydrogen-bond donors (Lipinski definition) is 2. The Kier molecular flexibility index (Phi) is 5.89. The second-order valence-corrected chi connectivity index (χ2v) is 10.5. The predicted octanol–water partition coefficient (Wildman–Crippen LogP) is 4.23. The molecule has 1 aliphatic carbocycles. The molecular weight excluding hydrogens is 485 g/mol. The lowest BCUT2D eigenvalue weighted by atomic mass is 9.85. The maximum absolute atomic E-state index is 14.4. The van der Waals surface area contributed by atoms with E-state index in [1.807, 2.05) is 6.07 Å². The van der Waals surface area contributed by atoms with Crippen molar-refractivity contribution in [2.24, 2.45) is 5.92 Å². The first kappa shape index (κ1) is 24.1. The maximum atomic E-state index is 14.4. The van der Waals surface area contributed by atoms with Gasteiger partial charge in [0, 0.05) is 23.9 Å². The molecule has 4 aromatic rings. The van der Waals surface area contributed by atoms with E-state index >= 15 is 0 Å². The number of rotatable bonds is 6. The average Bonchev–Trinajstić information content (AvgIpc) is 3.61. The third-order valence-electron chi connectivity index (χ3n) is 7.57. The molecule has 1 aromatic carbocycles. The number of carbonyl (C=O) groups is 2. The molecule has 6 rings (SSSR count). The number of amides is 2. The van der Waals surface area contributed by atoms with Crippen LogP contribution in [0.15, 0.2) is 42.6 Å². The van der Waals surface area contributed by atoms with Gasteiger partial charge in [0.05, 0.1) is 17.3 Å². The van der Waals surface area contributed by atoms with Gasteiger partial charge in [-0.15, -0.1) is 0 Å². The Morgan fingerprint density at radius 2 is 1.95 bits per heavy atom. The zero-order chi connectivity index (χ0) is 26.4. The molecular formula is C28H28FN7O2. The lowest BCUT2D eigenvalue weighted by Gasteiger charge is -2.18. The molecule has 1 aliphatic heterocycles. The van der Waals surface area contributed by atoms with Gasteiger partial charge in [-0.1, -0.05) is 31.0 Å². The van der Waals surface area contributed by atoms with Crippen molar-refractivity contribution >= 4 is 28.7 Å². The van der Waals surface area contributed by atoms with E-state index in [1.54, 1.807) is 49.0 Å². The summed E-state index contributed by atoms with van der Waals surface area (Å²) in [5.41, 5.74) is 1.06. The molecule has 3 aromatic heterocycles. The van der Waals surface area contributed by atoms with Gasteiger partial charge in [0.25, 0.3) is 5.91 Å². The van der Waals surface area contributed by atoms with Crippen LogP contribution in [0.25, 0.3) is 22.6 Å². The summed E-state index contributed by atoms with van der Waals surface area (Å²) in [6.45, 7) is 4.24. The fraction of sp³-hybridized carbons (Fsp3) is 0.357. The Morgan fingerprint density at radius 3 is 2.74 bits per heavy atom. The number of nitrogens with zero attached hydrogens (tertiary/aromatic N) is 5. The van der Waals surface area contributed by atoms with Gasteiger partial charge in [0.2, 0.25) is 5.91 Å². The summed E-state index contributed by atoms with van der Waals surface area (Å²) in [6, 6.07) is 10.1. The molecule has 9 nitrogen and oxygen atoms in total. The average molecular weight is 514 g/mol. The van der Waals surface area contributed by atoms with Crippen LogP contribution < -0.4 is 10.6 Å². The predicted molar refractivity (Wildman–Crippen MR) is 140 cm³/mol. The zero-order valence-corrected chi connectivity index (χ0v) is 21.3. The fourth-order valence-electron chi connectivity index (χ4n) is 5.40. The highest BCUT2D eigenvalue weighted by atomic mass is 19.1. The number of nitrogens with one attached hydrogen (secondary N) is 2. The number of hydrogen-bond acceptors (Lipinski definition) is 6. The maximum Gasteiger partial charge on any atom is 0.270 e. The second kappa shape index (κ2) is 9.27. The molecule has 38 heavy (non-hydrogen) atoms. The fourth-order valence-corrected chi connectivity index (χ4v) is 5.40. The highest BCUT2D eigenvalue weighted by Gasteiger charge is 2.44. The molecule has 1 saturated carbocycles. The number of pyridine rings is 1. The SMILES string of the molecule is CC1(C)C(=O)Nc2nc(-c3nn(Cc4ccccc4F)c4ncccc34)nc(C(=O)NCC3CCCC3)c21. The first-order chi connectivity index (χ1) is 18.3. The summed E-state index contributed by atoms with van der Waals surface area (Å²) >= 11 is 0. The van der Waals surface area contributed by atoms with Gasteiger partial charge in [0.15, 0.2) is 11.5 Å². The van der Waals surface area contributed by atoms with Gasteiger partial charge < -0.3 is 10.6 Å². The van der Waals surface area contributed by atoms with Crippen molar-refractivity contribution in [3.63, 3.8) is 0 Å². The monoisotopic (exact) mass is 513 g/mol. The number of aromatic nitrogens is 5. The summed E-state index contributed by atoms with van der Waals surface area (Å²) in [6.07, 6.45) is 6.18. The Morgan fingerprint density at radius 1 is 1.16 bits per heavy atom. The van der Waals surface area contributed by atoms with E-state index in [4.69, 9.17) is 5.10 Å². The number of anilines is 1. The minimum atomic E-state index is -0.971. The molecule has 0 radical (unpaired) electrons. The lowest BCUT2D eigenvalue weighted by molar-refractivity contribution is -0.119. The number of benzene rings is 1. The van der Waals surface area contributed by atoms with E-state index in [-0.39, 0.29) is 35.7 Å². The number of halogens is 1. The summed E-state index contributed by atoms with van der Waals surface area (Å²) in [5, 5.41) is 11.2. The van der Waals surface area contributed by atoms with E-state index in [0.717, 1.165) is 12.8 Å². The first-order valence-corrected chi connectivity index (χ1v) is 12.9. The molecule has 4 heterocycles. The van der Waals surface area contributed by atoms with Crippen LogP contribution in [0.1, 0.15) is 61.1 Å². The van der Waals surface area contributed by atoms with Crippen molar-refractivity contribution in [3.05, 3.63) is 65.2 Å². The van der Waals surface area contributed by atoms with Gasteiger partial charge in [0.1, 0.15) is 23.0 Å². The van der Waals surface area contributed by atoms with Gasteiger partial charge >= 0.3 is 0 Å². The van der Waals surface area contributed by atoms with Crippen LogP contribution in [0.2, 0.25) is 0 Å². The first-order valence-electron chi connectivity index (χ1n) is 12.9. The van der Waals surface area contributed by atoms with Gasteiger partial charge in [-0.25, -0.2) is 24.0 Å². The molecule has 2 N–H and O–H groups in total. The Hall–Kier alpha value is -4.21. The molecule has 1 fully saturated rings. The van der Waals surface area contributed by atoms with E-state index in [9.17, 15) is 14.0 Å². The van der Waals surface area contributed by atoms with E-state index in [0.29, 0.717) is 46.1 Å². The minimum absolute atomic E-state index is 0.156. The molecule has 0 unspecified atom stereocenters. The molecule has 2 aliphatic rings. The van der Waals surface area contributed by atoms with Crippen LogP contribution in [0.4, 0.5) is 10.2 Å². The van der Waals surface area contributed by atoms with Crippen molar-refractivity contribution in [2.45, 2.75) is 51.5 Å². The topological polar surface area (TPSA) is 115 Å². The Balaban J connectivity index is 1.45. The molecule has 10 heteroatoms. The van der Waals surface area contributed by atoms with Crippen LogP contribution in [0.3, 0.4) is 0 Å². The minimum Gasteiger partial charge on any atom is -0.350 e. The van der Waals surface area contributed by atoms with Crippen molar-refractivity contribution in [2.75, 3.05) is 11.9 Å². The van der Waals surface area contributed by atoms with Crippen molar-refractivity contribution < 1.29 is 14.0 Å². The zero-order valence-electron chi connectivity index (χ0n) is 21.3. The highest BCUT2D eigenvalue weighted by Crippen LogP contribution is 2.39. The third kappa shape index (κ3) is 4.09.